The van der Waals surface area contributed by atoms with Crippen LogP contribution in [0, 0.1) is 11.6 Å². The van der Waals surface area contributed by atoms with Crippen LogP contribution in [0.25, 0.3) is 0 Å². The van der Waals surface area contributed by atoms with Gasteiger partial charge in [0.25, 0.3) is 0 Å². The molecule has 1 heterocycles. The van der Waals surface area contributed by atoms with Crippen molar-refractivity contribution in [3.63, 3.8) is 0 Å². The Balaban J connectivity index is 1.15. The van der Waals surface area contributed by atoms with Crippen molar-refractivity contribution < 1.29 is 13.5 Å². The molecule has 4 rings (SSSR count). The summed E-state index contributed by atoms with van der Waals surface area (Å²) in [5.74, 6) is -0.287. The van der Waals surface area contributed by atoms with E-state index in [0.29, 0.717) is 24.6 Å². The molecule has 1 aliphatic heterocycles. The van der Waals surface area contributed by atoms with Gasteiger partial charge in [-0.2, -0.15) is 0 Å². The molecular formula is C22H26F2N2O. The molecule has 2 fully saturated rings. The summed E-state index contributed by atoms with van der Waals surface area (Å²) < 4.78 is 31.8. The molecule has 1 saturated carbocycles. The van der Waals surface area contributed by atoms with Gasteiger partial charge in [0, 0.05) is 42.7 Å². The highest BCUT2D eigenvalue weighted by Crippen LogP contribution is 2.41. The average Bonchev–Trinajstić information content (AvgIpc) is 3.42. The molecule has 0 aromatic heterocycles. The Morgan fingerprint density at radius 1 is 1.00 bits per heavy atom. The number of ether oxygens (including phenoxy) is 1. The van der Waals surface area contributed by atoms with E-state index in [9.17, 15) is 8.78 Å². The predicted molar refractivity (Wildman–Crippen MR) is 102 cm³/mol. The SMILES string of the molecule is Fc1cc(F)cc(OCCN2CCC(N[C@@H]3CC3c3ccccc3)CC2)c1. The number of nitrogens with zero attached hydrogens (tertiary/aromatic N) is 1. The lowest BCUT2D eigenvalue weighted by Gasteiger charge is -2.32. The molecule has 0 radical (unpaired) electrons. The maximum absolute atomic E-state index is 13.2. The molecule has 0 amide bonds. The topological polar surface area (TPSA) is 24.5 Å². The van der Waals surface area contributed by atoms with Crippen LogP contribution in [0.3, 0.4) is 0 Å². The van der Waals surface area contributed by atoms with E-state index < -0.39 is 11.6 Å². The van der Waals surface area contributed by atoms with Gasteiger partial charge in [0.1, 0.15) is 24.0 Å². The summed E-state index contributed by atoms with van der Waals surface area (Å²) in [6.07, 6.45) is 3.50. The summed E-state index contributed by atoms with van der Waals surface area (Å²) in [4.78, 5) is 2.36. The molecule has 2 aromatic rings. The van der Waals surface area contributed by atoms with Crippen molar-refractivity contribution in [2.75, 3.05) is 26.2 Å². The van der Waals surface area contributed by atoms with Crippen LogP contribution in [0.15, 0.2) is 48.5 Å². The second-order valence-electron chi connectivity index (χ2n) is 7.60. The monoisotopic (exact) mass is 372 g/mol. The number of piperidine rings is 1. The van der Waals surface area contributed by atoms with Gasteiger partial charge in [-0.05, 0) is 37.9 Å². The number of hydrogen-bond acceptors (Lipinski definition) is 3. The molecule has 0 spiro atoms. The molecule has 27 heavy (non-hydrogen) atoms. The Bertz CT molecular complexity index is 727. The molecule has 3 nitrogen and oxygen atoms in total. The maximum atomic E-state index is 13.2. The minimum Gasteiger partial charge on any atom is -0.492 e. The Labute approximate surface area is 159 Å². The van der Waals surface area contributed by atoms with Crippen LogP contribution in [0.1, 0.15) is 30.7 Å². The number of nitrogens with one attached hydrogen (secondary N) is 1. The fraction of sp³-hybridized carbons (Fsp3) is 0.455. The zero-order chi connectivity index (χ0) is 18.6. The number of likely N-dealkylation sites (tertiary alicyclic amines) is 1. The van der Waals surface area contributed by atoms with E-state index in [0.717, 1.165) is 38.5 Å². The molecule has 2 aliphatic rings. The van der Waals surface area contributed by atoms with Crippen LogP contribution in [0.4, 0.5) is 8.78 Å². The fourth-order valence-corrected chi connectivity index (χ4v) is 3.98. The zero-order valence-corrected chi connectivity index (χ0v) is 15.4. The van der Waals surface area contributed by atoms with E-state index in [1.165, 1.54) is 24.1 Å². The molecule has 5 heteroatoms. The van der Waals surface area contributed by atoms with E-state index in [1.807, 2.05) is 0 Å². The molecular weight excluding hydrogens is 346 g/mol. The summed E-state index contributed by atoms with van der Waals surface area (Å²) in [6.45, 7) is 3.28. The van der Waals surface area contributed by atoms with Crippen molar-refractivity contribution in [3.05, 3.63) is 65.7 Å². The second kappa shape index (κ2) is 8.36. The number of hydrogen-bond donors (Lipinski definition) is 1. The fourth-order valence-electron chi connectivity index (χ4n) is 3.98. The third-order valence-corrected chi connectivity index (χ3v) is 5.57. The highest BCUT2D eigenvalue weighted by atomic mass is 19.1. The third kappa shape index (κ3) is 5.05. The van der Waals surface area contributed by atoms with Crippen molar-refractivity contribution in [2.45, 2.75) is 37.3 Å². The van der Waals surface area contributed by atoms with E-state index in [-0.39, 0.29) is 5.75 Å². The van der Waals surface area contributed by atoms with Crippen LogP contribution in [-0.2, 0) is 0 Å². The molecule has 144 valence electrons. The predicted octanol–water partition coefficient (Wildman–Crippen LogP) is 3.95. The minimum atomic E-state index is -0.606. The lowest BCUT2D eigenvalue weighted by Crippen LogP contribution is -2.44. The first kappa shape index (κ1) is 18.4. The van der Waals surface area contributed by atoms with Gasteiger partial charge in [-0.3, -0.25) is 4.90 Å². The molecule has 2 atom stereocenters. The molecule has 1 saturated heterocycles. The summed E-state index contributed by atoms with van der Waals surface area (Å²) >= 11 is 0. The first-order chi connectivity index (χ1) is 13.2. The smallest absolute Gasteiger partial charge is 0.129 e. The van der Waals surface area contributed by atoms with Crippen LogP contribution < -0.4 is 10.1 Å². The van der Waals surface area contributed by atoms with E-state index in [2.05, 4.69) is 40.5 Å². The Hall–Kier alpha value is -1.98. The van der Waals surface area contributed by atoms with Gasteiger partial charge >= 0.3 is 0 Å². The molecule has 0 bridgehead atoms. The lowest BCUT2D eigenvalue weighted by molar-refractivity contribution is 0.164. The van der Waals surface area contributed by atoms with E-state index in [1.54, 1.807) is 0 Å². The summed E-state index contributed by atoms with van der Waals surface area (Å²) in [7, 11) is 0. The Kier molecular flexibility index (Phi) is 5.69. The van der Waals surface area contributed by atoms with Crippen LogP contribution >= 0.6 is 0 Å². The van der Waals surface area contributed by atoms with Gasteiger partial charge in [0.05, 0.1) is 0 Å². The Morgan fingerprint density at radius 2 is 1.70 bits per heavy atom. The molecule has 1 N–H and O–H groups in total. The van der Waals surface area contributed by atoms with Gasteiger partial charge in [-0.1, -0.05) is 30.3 Å². The van der Waals surface area contributed by atoms with Crippen molar-refractivity contribution >= 4 is 0 Å². The van der Waals surface area contributed by atoms with Crippen molar-refractivity contribution in [1.82, 2.24) is 10.2 Å². The van der Waals surface area contributed by atoms with Crippen LogP contribution in [-0.4, -0.2) is 43.2 Å². The van der Waals surface area contributed by atoms with Crippen molar-refractivity contribution in [3.8, 4) is 5.75 Å². The van der Waals surface area contributed by atoms with Gasteiger partial charge < -0.3 is 10.1 Å². The number of benzene rings is 2. The number of rotatable bonds is 7. The summed E-state index contributed by atoms with van der Waals surface area (Å²) in [5, 5.41) is 3.82. The first-order valence-electron chi connectivity index (χ1n) is 9.79. The van der Waals surface area contributed by atoms with Crippen LogP contribution in [0.2, 0.25) is 0 Å². The van der Waals surface area contributed by atoms with Crippen LogP contribution in [0.5, 0.6) is 5.75 Å². The molecule has 1 aliphatic carbocycles. The largest absolute Gasteiger partial charge is 0.492 e. The molecule has 2 aromatic carbocycles. The summed E-state index contributed by atoms with van der Waals surface area (Å²) in [5.41, 5.74) is 1.44. The normalized spacial score (nSPS) is 23.3. The minimum absolute atomic E-state index is 0.254. The summed E-state index contributed by atoms with van der Waals surface area (Å²) in [6, 6.07) is 15.2. The standard InChI is InChI=1S/C22H26F2N2O/c23-17-12-18(24)14-20(13-17)27-11-10-26-8-6-19(7-9-26)25-22-15-21(22)16-4-2-1-3-5-16/h1-5,12-14,19,21-22,25H,6-11,15H2/t21?,22-/m1/s1. The van der Waals surface area contributed by atoms with Crippen molar-refractivity contribution in [1.29, 1.82) is 0 Å². The van der Waals surface area contributed by atoms with Gasteiger partial charge in [0.15, 0.2) is 0 Å². The van der Waals surface area contributed by atoms with Crippen molar-refractivity contribution in [2.24, 2.45) is 0 Å². The third-order valence-electron chi connectivity index (χ3n) is 5.57. The average molecular weight is 372 g/mol. The van der Waals surface area contributed by atoms with Gasteiger partial charge in [0.2, 0.25) is 0 Å². The van der Waals surface area contributed by atoms with E-state index in [4.69, 9.17) is 4.74 Å². The highest BCUT2D eigenvalue weighted by Gasteiger charge is 2.39. The second-order valence-corrected chi connectivity index (χ2v) is 7.60. The first-order valence-corrected chi connectivity index (χ1v) is 9.79. The Morgan fingerprint density at radius 3 is 2.41 bits per heavy atom. The maximum Gasteiger partial charge on any atom is 0.129 e. The zero-order valence-electron chi connectivity index (χ0n) is 15.4. The molecule has 1 unspecified atom stereocenters. The lowest BCUT2D eigenvalue weighted by atomic mass is 10.0. The number of halogens is 2. The quantitative estimate of drug-likeness (QED) is 0.796. The highest BCUT2D eigenvalue weighted by molar-refractivity contribution is 5.28. The van der Waals surface area contributed by atoms with Gasteiger partial charge in [-0.15, -0.1) is 0 Å². The van der Waals surface area contributed by atoms with E-state index >= 15 is 0 Å². The van der Waals surface area contributed by atoms with Gasteiger partial charge in [-0.25, -0.2) is 8.78 Å².